The molecule has 11 nitrogen and oxygen atoms in total. The first-order chi connectivity index (χ1) is 21.1. The van der Waals surface area contributed by atoms with Gasteiger partial charge in [0.2, 0.25) is 11.8 Å². The van der Waals surface area contributed by atoms with Gasteiger partial charge in [0.1, 0.15) is 12.4 Å². The molecule has 2 heterocycles. The zero-order valence-corrected chi connectivity index (χ0v) is 25.8. The number of hydrogen-bond acceptors (Lipinski definition) is 8. The summed E-state index contributed by atoms with van der Waals surface area (Å²) < 4.78 is 24.8. The highest BCUT2D eigenvalue weighted by molar-refractivity contribution is 6.31. The summed E-state index contributed by atoms with van der Waals surface area (Å²) in [6.45, 7) is 8.23. The first kappa shape index (κ1) is 32.9. The van der Waals surface area contributed by atoms with E-state index in [0.717, 1.165) is 18.7 Å². The highest BCUT2D eigenvalue weighted by atomic mass is 35.5. The van der Waals surface area contributed by atoms with E-state index in [0.29, 0.717) is 30.5 Å². The van der Waals surface area contributed by atoms with E-state index in [9.17, 15) is 18.8 Å². The molecule has 1 aliphatic rings. The number of aromatic nitrogens is 1. The number of carbonyl (C=O) groups excluding carboxylic acids is 3. The topological polar surface area (TPSA) is 120 Å². The fraction of sp³-hybridized carbons (Fsp3) is 0.419. The fourth-order valence-corrected chi connectivity index (χ4v) is 5.15. The molecule has 2 N–H and O–H groups in total. The van der Waals surface area contributed by atoms with Crippen molar-refractivity contribution in [3.05, 3.63) is 71.0 Å². The van der Waals surface area contributed by atoms with Crippen molar-refractivity contribution in [3.63, 3.8) is 0 Å². The molecule has 1 aliphatic heterocycles. The van der Waals surface area contributed by atoms with Crippen LogP contribution in [0.1, 0.15) is 39.2 Å². The molecule has 0 aliphatic carbocycles. The minimum atomic E-state index is -0.810. The summed E-state index contributed by atoms with van der Waals surface area (Å²) >= 11 is 6.11. The van der Waals surface area contributed by atoms with Gasteiger partial charge in [0, 0.05) is 63.7 Å². The number of hydrazine groups is 1. The zero-order valence-electron chi connectivity index (χ0n) is 25.1. The van der Waals surface area contributed by atoms with Crippen molar-refractivity contribution in [2.45, 2.75) is 52.2 Å². The SMILES string of the molecule is CC(=O)N(NCc1cccc(F)c1Cl)[C@@H](CCC(=O)N1CCN(C(C)C)CC1)COC(=O)Nc1cc(-c2ccccc2)on1. The van der Waals surface area contributed by atoms with Gasteiger partial charge in [-0.15, -0.1) is 0 Å². The van der Waals surface area contributed by atoms with E-state index >= 15 is 0 Å². The minimum absolute atomic E-state index is 0.0329. The average molecular weight is 629 g/mol. The molecule has 3 aromatic rings. The maximum atomic E-state index is 14.0. The van der Waals surface area contributed by atoms with Crippen molar-refractivity contribution in [2.75, 3.05) is 38.1 Å². The maximum Gasteiger partial charge on any atom is 0.412 e. The van der Waals surface area contributed by atoms with Gasteiger partial charge >= 0.3 is 6.09 Å². The van der Waals surface area contributed by atoms with Gasteiger partial charge in [-0.05, 0) is 31.9 Å². The number of nitrogens with one attached hydrogen (secondary N) is 2. The lowest BCUT2D eigenvalue weighted by Gasteiger charge is -2.37. The third-order valence-electron chi connectivity index (χ3n) is 7.47. The van der Waals surface area contributed by atoms with Crippen LogP contribution in [0.2, 0.25) is 5.02 Å². The smallest absolute Gasteiger partial charge is 0.412 e. The predicted octanol–water partition coefficient (Wildman–Crippen LogP) is 4.94. The van der Waals surface area contributed by atoms with E-state index in [4.69, 9.17) is 20.9 Å². The van der Waals surface area contributed by atoms with E-state index < -0.39 is 18.0 Å². The minimum Gasteiger partial charge on any atom is -0.447 e. The van der Waals surface area contributed by atoms with Crippen LogP contribution in [-0.2, 0) is 20.9 Å². The third-order valence-corrected chi connectivity index (χ3v) is 7.89. The number of piperazine rings is 1. The van der Waals surface area contributed by atoms with Crippen molar-refractivity contribution in [1.29, 1.82) is 0 Å². The molecule has 3 amide bonds. The molecule has 1 atom stereocenters. The molecule has 44 heavy (non-hydrogen) atoms. The summed E-state index contributed by atoms with van der Waals surface area (Å²) in [5.74, 6) is -0.384. The highest BCUT2D eigenvalue weighted by Gasteiger charge is 2.27. The Bertz CT molecular complexity index is 1410. The Labute approximate surface area is 261 Å². The molecule has 0 radical (unpaired) electrons. The predicted molar refractivity (Wildman–Crippen MR) is 164 cm³/mol. The van der Waals surface area contributed by atoms with E-state index in [1.807, 2.05) is 35.2 Å². The largest absolute Gasteiger partial charge is 0.447 e. The summed E-state index contributed by atoms with van der Waals surface area (Å²) in [6.07, 6.45) is -0.467. The quantitative estimate of drug-likeness (QED) is 0.271. The number of ether oxygens (including phenoxy) is 1. The van der Waals surface area contributed by atoms with Gasteiger partial charge < -0.3 is 14.2 Å². The van der Waals surface area contributed by atoms with Gasteiger partial charge in [-0.1, -0.05) is 59.2 Å². The van der Waals surface area contributed by atoms with Crippen LogP contribution in [0.5, 0.6) is 0 Å². The van der Waals surface area contributed by atoms with E-state index in [1.165, 1.54) is 24.1 Å². The number of rotatable bonds is 12. The monoisotopic (exact) mass is 628 g/mol. The Morgan fingerprint density at radius 2 is 1.82 bits per heavy atom. The van der Waals surface area contributed by atoms with E-state index in [2.05, 4.69) is 34.6 Å². The van der Waals surface area contributed by atoms with Crippen LogP contribution in [-0.4, -0.2) is 82.7 Å². The molecule has 2 aromatic carbocycles. The van der Waals surface area contributed by atoms with Gasteiger partial charge in [0.15, 0.2) is 11.6 Å². The standard InChI is InChI=1S/C31H38ClFN6O5/c1-21(2)37-14-16-38(17-15-37)29(41)13-12-25(39(22(3)40)34-19-24-10-7-11-26(33)30(24)32)20-43-31(42)35-28-18-27(44-36-28)23-8-5-4-6-9-23/h4-11,18,21,25,34H,12-17,19-20H2,1-3H3,(H,35,36,42)/t25-/m0/s1. The second-order valence-corrected chi connectivity index (χ2v) is 11.2. The molecule has 0 spiro atoms. The first-order valence-electron chi connectivity index (χ1n) is 14.6. The molecule has 0 unspecified atom stereocenters. The molecule has 1 saturated heterocycles. The number of anilines is 1. The maximum absolute atomic E-state index is 14.0. The van der Waals surface area contributed by atoms with E-state index in [-0.39, 0.29) is 48.6 Å². The Balaban J connectivity index is 1.41. The Morgan fingerprint density at radius 3 is 2.50 bits per heavy atom. The zero-order chi connectivity index (χ0) is 31.6. The van der Waals surface area contributed by atoms with E-state index in [1.54, 1.807) is 12.1 Å². The summed E-state index contributed by atoms with van der Waals surface area (Å²) in [5.41, 5.74) is 4.21. The first-order valence-corrected chi connectivity index (χ1v) is 14.9. The van der Waals surface area contributed by atoms with Gasteiger partial charge in [0.25, 0.3) is 0 Å². The van der Waals surface area contributed by atoms with Crippen LogP contribution in [0.25, 0.3) is 11.3 Å². The summed E-state index contributed by atoms with van der Waals surface area (Å²) in [6, 6.07) is 14.9. The molecule has 4 rings (SSSR count). The van der Waals surface area contributed by atoms with Crippen molar-refractivity contribution < 1.29 is 28.0 Å². The Hall–Kier alpha value is -4.00. The van der Waals surface area contributed by atoms with Crippen molar-refractivity contribution in [1.82, 2.24) is 25.4 Å². The second-order valence-electron chi connectivity index (χ2n) is 10.8. The van der Waals surface area contributed by atoms with Crippen LogP contribution in [0.4, 0.5) is 15.0 Å². The molecule has 13 heteroatoms. The fourth-order valence-electron chi connectivity index (χ4n) is 4.96. The summed E-state index contributed by atoms with van der Waals surface area (Å²) in [4.78, 5) is 42.7. The van der Waals surface area contributed by atoms with Crippen molar-refractivity contribution in [3.8, 4) is 11.3 Å². The summed E-state index contributed by atoms with van der Waals surface area (Å²) in [7, 11) is 0. The lowest BCUT2D eigenvalue weighted by atomic mass is 10.1. The van der Waals surface area contributed by atoms with Crippen molar-refractivity contribution in [2.24, 2.45) is 0 Å². The number of hydrogen-bond donors (Lipinski definition) is 2. The Kier molecular flexibility index (Phi) is 11.7. The van der Waals surface area contributed by atoms with Crippen LogP contribution < -0.4 is 10.7 Å². The van der Waals surface area contributed by atoms with Crippen LogP contribution in [0, 0.1) is 5.82 Å². The van der Waals surface area contributed by atoms with Crippen LogP contribution >= 0.6 is 11.6 Å². The number of halogens is 2. The molecule has 0 bridgehead atoms. The molecular weight excluding hydrogens is 591 g/mol. The number of benzene rings is 2. The molecule has 236 valence electrons. The van der Waals surface area contributed by atoms with Crippen LogP contribution in [0.3, 0.4) is 0 Å². The number of amides is 3. The number of carbonyl (C=O) groups is 3. The van der Waals surface area contributed by atoms with Crippen molar-refractivity contribution >= 4 is 35.3 Å². The molecule has 0 saturated carbocycles. The lowest BCUT2D eigenvalue weighted by molar-refractivity contribution is -0.139. The van der Waals surface area contributed by atoms with Gasteiger partial charge in [-0.2, -0.15) is 0 Å². The Morgan fingerprint density at radius 1 is 1.09 bits per heavy atom. The van der Waals surface area contributed by atoms with Gasteiger partial charge in [-0.25, -0.2) is 14.6 Å². The lowest BCUT2D eigenvalue weighted by Crippen LogP contribution is -2.52. The van der Waals surface area contributed by atoms with Gasteiger partial charge in [0.05, 0.1) is 11.1 Å². The number of nitrogens with zero attached hydrogens (tertiary/aromatic N) is 4. The molecule has 1 fully saturated rings. The second kappa shape index (κ2) is 15.6. The molecule has 1 aromatic heterocycles. The third kappa shape index (κ3) is 9.01. The highest BCUT2D eigenvalue weighted by Crippen LogP contribution is 2.23. The average Bonchev–Trinajstić information content (AvgIpc) is 3.48. The van der Waals surface area contributed by atoms with Gasteiger partial charge in [-0.3, -0.25) is 24.8 Å². The summed E-state index contributed by atoms with van der Waals surface area (Å²) in [5, 5.41) is 7.63. The normalized spacial score (nSPS) is 14.4. The molecular formula is C31H38ClFN6O5. The van der Waals surface area contributed by atoms with Crippen LogP contribution in [0.15, 0.2) is 59.1 Å².